The number of carbonyl (C=O) groups excluding carboxylic acids is 1. The van der Waals surface area contributed by atoms with Gasteiger partial charge in [-0.1, -0.05) is 30.3 Å². The van der Waals surface area contributed by atoms with Crippen LogP contribution in [0.3, 0.4) is 0 Å². The van der Waals surface area contributed by atoms with Crippen LogP contribution in [0.15, 0.2) is 30.3 Å². The lowest BCUT2D eigenvalue weighted by Crippen LogP contribution is -2.46. The second kappa shape index (κ2) is 4.13. The molecule has 88 valence electrons. The molecule has 0 aliphatic heterocycles. The quantitative estimate of drug-likeness (QED) is 0.830. The Balaban J connectivity index is 3.21. The smallest absolute Gasteiger partial charge is 0.421 e. The van der Waals surface area contributed by atoms with Crippen LogP contribution in [0.25, 0.3) is 0 Å². The van der Waals surface area contributed by atoms with Crippen LogP contribution in [0.5, 0.6) is 0 Å². The van der Waals surface area contributed by atoms with E-state index in [1.165, 1.54) is 18.2 Å². The van der Waals surface area contributed by atoms with Gasteiger partial charge in [0.15, 0.2) is 5.60 Å². The number of carboxylic acids is 1. The SMILES string of the molecule is O=C([O-])C[C@](O)(c1ccccc1)C(F)(F)F. The van der Waals surface area contributed by atoms with Gasteiger partial charge in [-0.15, -0.1) is 0 Å². The summed E-state index contributed by atoms with van der Waals surface area (Å²) in [4.78, 5) is 10.3. The average molecular weight is 233 g/mol. The molecule has 0 spiro atoms. The van der Waals surface area contributed by atoms with E-state index in [9.17, 15) is 28.2 Å². The second-order valence-electron chi connectivity index (χ2n) is 3.27. The molecule has 0 radical (unpaired) electrons. The van der Waals surface area contributed by atoms with Gasteiger partial charge in [-0.2, -0.15) is 13.2 Å². The first-order valence-electron chi connectivity index (χ1n) is 4.32. The van der Waals surface area contributed by atoms with Crippen LogP contribution in [0.1, 0.15) is 12.0 Å². The van der Waals surface area contributed by atoms with E-state index in [1.54, 1.807) is 0 Å². The highest BCUT2D eigenvalue weighted by Gasteiger charge is 2.54. The van der Waals surface area contributed by atoms with E-state index < -0.39 is 29.7 Å². The van der Waals surface area contributed by atoms with Crippen molar-refractivity contribution in [2.45, 2.75) is 18.2 Å². The molecule has 1 atom stereocenters. The van der Waals surface area contributed by atoms with Gasteiger partial charge in [0.05, 0.1) is 0 Å². The summed E-state index contributed by atoms with van der Waals surface area (Å²) in [7, 11) is 0. The van der Waals surface area contributed by atoms with E-state index in [2.05, 4.69) is 0 Å². The molecule has 16 heavy (non-hydrogen) atoms. The van der Waals surface area contributed by atoms with Crippen LogP contribution >= 0.6 is 0 Å². The Kier molecular flexibility index (Phi) is 3.23. The van der Waals surface area contributed by atoms with Crippen molar-refractivity contribution in [2.24, 2.45) is 0 Å². The Bertz CT molecular complexity index is 375. The molecular weight excluding hydrogens is 225 g/mol. The first-order chi connectivity index (χ1) is 7.27. The van der Waals surface area contributed by atoms with Crippen molar-refractivity contribution in [1.82, 2.24) is 0 Å². The largest absolute Gasteiger partial charge is 0.550 e. The van der Waals surface area contributed by atoms with Crippen LogP contribution < -0.4 is 5.11 Å². The van der Waals surface area contributed by atoms with E-state index in [1.807, 2.05) is 0 Å². The number of aliphatic carboxylic acids is 1. The van der Waals surface area contributed by atoms with Crippen LogP contribution in [-0.2, 0) is 10.4 Å². The summed E-state index contributed by atoms with van der Waals surface area (Å²) in [5, 5.41) is 19.7. The van der Waals surface area contributed by atoms with Crippen molar-refractivity contribution in [1.29, 1.82) is 0 Å². The molecule has 1 N–H and O–H groups in total. The van der Waals surface area contributed by atoms with Gasteiger partial charge in [-0.05, 0) is 5.56 Å². The number of hydrogen-bond donors (Lipinski definition) is 1. The third-order valence-electron chi connectivity index (χ3n) is 2.12. The van der Waals surface area contributed by atoms with Crippen molar-refractivity contribution in [3.8, 4) is 0 Å². The summed E-state index contributed by atoms with van der Waals surface area (Å²) in [5.41, 5.74) is -3.93. The van der Waals surface area contributed by atoms with Crippen molar-refractivity contribution >= 4 is 5.97 Å². The van der Waals surface area contributed by atoms with Crippen LogP contribution in [0.2, 0.25) is 0 Å². The molecule has 3 nitrogen and oxygen atoms in total. The van der Waals surface area contributed by atoms with Gasteiger partial charge in [0, 0.05) is 12.4 Å². The molecule has 0 heterocycles. The zero-order valence-corrected chi connectivity index (χ0v) is 7.99. The number of carbonyl (C=O) groups is 1. The number of rotatable bonds is 3. The minimum Gasteiger partial charge on any atom is -0.550 e. The van der Waals surface area contributed by atoms with Crippen LogP contribution in [-0.4, -0.2) is 17.3 Å². The molecule has 0 aliphatic carbocycles. The summed E-state index contributed by atoms with van der Waals surface area (Å²) < 4.78 is 37.8. The molecule has 0 saturated carbocycles. The highest BCUT2D eigenvalue weighted by Crippen LogP contribution is 2.41. The maximum absolute atomic E-state index is 12.6. The fourth-order valence-electron chi connectivity index (χ4n) is 1.29. The Hall–Kier alpha value is -1.56. The number of carboxylic acid groups (broad SMARTS) is 1. The molecular formula is C10H8F3O3-. The number of benzene rings is 1. The van der Waals surface area contributed by atoms with Gasteiger partial charge in [-0.3, -0.25) is 0 Å². The highest BCUT2D eigenvalue weighted by molar-refractivity contribution is 5.66. The van der Waals surface area contributed by atoms with E-state index in [0.717, 1.165) is 12.1 Å². The predicted octanol–water partition coefficient (Wildman–Crippen LogP) is 0.576. The number of hydrogen-bond acceptors (Lipinski definition) is 3. The lowest BCUT2D eigenvalue weighted by atomic mass is 9.90. The summed E-state index contributed by atoms with van der Waals surface area (Å²) in [6.07, 6.45) is -6.60. The summed E-state index contributed by atoms with van der Waals surface area (Å²) in [6.45, 7) is 0. The normalized spacial score (nSPS) is 15.5. The molecule has 1 rings (SSSR count). The Morgan fingerprint density at radius 2 is 1.75 bits per heavy atom. The zero-order valence-electron chi connectivity index (χ0n) is 7.99. The van der Waals surface area contributed by atoms with Gasteiger partial charge >= 0.3 is 6.18 Å². The first kappa shape index (κ1) is 12.5. The Morgan fingerprint density at radius 1 is 1.25 bits per heavy atom. The number of alkyl halides is 3. The third-order valence-corrected chi connectivity index (χ3v) is 2.12. The summed E-state index contributed by atoms with van der Waals surface area (Å²) in [5.74, 6) is -1.97. The maximum atomic E-state index is 12.6. The molecule has 0 saturated heterocycles. The van der Waals surface area contributed by atoms with Crippen LogP contribution in [0.4, 0.5) is 13.2 Å². The molecule has 6 heteroatoms. The zero-order chi connectivity index (χ0) is 12.4. The molecule has 0 aliphatic rings. The summed E-state index contributed by atoms with van der Waals surface area (Å²) in [6, 6.07) is 6.04. The average Bonchev–Trinajstić information content (AvgIpc) is 2.16. The van der Waals surface area contributed by atoms with E-state index >= 15 is 0 Å². The molecule has 0 fully saturated rings. The van der Waals surface area contributed by atoms with Crippen LogP contribution in [0, 0.1) is 0 Å². The predicted molar refractivity (Wildman–Crippen MR) is 46.0 cm³/mol. The van der Waals surface area contributed by atoms with Gasteiger partial charge in [0.1, 0.15) is 0 Å². The molecule has 0 aromatic heterocycles. The van der Waals surface area contributed by atoms with Gasteiger partial charge < -0.3 is 15.0 Å². The maximum Gasteiger partial charge on any atom is 0.421 e. The van der Waals surface area contributed by atoms with Gasteiger partial charge in [-0.25, -0.2) is 0 Å². The van der Waals surface area contributed by atoms with Crippen molar-refractivity contribution < 1.29 is 28.2 Å². The van der Waals surface area contributed by atoms with Crippen molar-refractivity contribution in [3.05, 3.63) is 35.9 Å². The minimum absolute atomic E-state index is 0.522. The summed E-state index contributed by atoms with van der Waals surface area (Å²) >= 11 is 0. The highest BCUT2D eigenvalue weighted by atomic mass is 19.4. The molecule has 1 aromatic carbocycles. The molecule has 0 amide bonds. The first-order valence-corrected chi connectivity index (χ1v) is 4.32. The Morgan fingerprint density at radius 3 is 2.12 bits per heavy atom. The topological polar surface area (TPSA) is 60.4 Å². The monoisotopic (exact) mass is 233 g/mol. The fourth-order valence-corrected chi connectivity index (χ4v) is 1.29. The standard InChI is InChI=1S/C10H9F3O3/c11-10(12,13)9(16,6-8(14)15)7-4-2-1-3-5-7/h1-5,16H,6H2,(H,14,15)/p-1/t9-/m0/s1. The van der Waals surface area contributed by atoms with Gasteiger partial charge in [0.25, 0.3) is 0 Å². The van der Waals surface area contributed by atoms with E-state index in [4.69, 9.17) is 0 Å². The number of aliphatic hydroxyl groups is 1. The number of halogens is 3. The molecule has 0 unspecified atom stereocenters. The Labute approximate surface area is 89.1 Å². The van der Waals surface area contributed by atoms with E-state index in [-0.39, 0.29) is 0 Å². The third kappa shape index (κ3) is 2.33. The van der Waals surface area contributed by atoms with E-state index in [0.29, 0.717) is 0 Å². The van der Waals surface area contributed by atoms with Gasteiger partial charge in [0.2, 0.25) is 0 Å². The molecule has 1 aromatic rings. The van der Waals surface area contributed by atoms with Crippen molar-refractivity contribution in [3.63, 3.8) is 0 Å². The van der Waals surface area contributed by atoms with Crippen molar-refractivity contribution in [2.75, 3.05) is 0 Å². The second-order valence-corrected chi connectivity index (χ2v) is 3.27. The minimum atomic E-state index is -5.07. The lowest BCUT2D eigenvalue weighted by Gasteiger charge is -2.31. The molecule has 0 bridgehead atoms. The lowest BCUT2D eigenvalue weighted by molar-refractivity contribution is -0.324. The fraction of sp³-hybridized carbons (Fsp3) is 0.300.